The van der Waals surface area contributed by atoms with Crippen molar-refractivity contribution in [3.63, 3.8) is 0 Å². The van der Waals surface area contributed by atoms with Gasteiger partial charge in [-0.2, -0.15) is 0 Å². The number of rotatable bonds is 5. The summed E-state index contributed by atoms with van der Waals surface area (Å²) in [6, 6.07) is 7.64. The van der Waals surface area contributed by atoms with Crippen LogP contribution in [0.15, 0.2) is 36.9 Å². The standard InChI is InChI=1S/C16H23NO2/c1-5-10-17(11-12-18)15(19)13-8-6-7-9-14(13)16(2,3)4/h5-9,18H,1,10-12H2,2-4H3. The number of nitrogens with zero attached hydrogens (tertiary/aromatic N) is 1. The van der Waals surface area contributed by atoms with Crippen molar-refractivity contribution in [2.45, 2.75) is 26.2 Å². The van der Waals surface area contributed by atoms with Crippen LogP contribution in [0.3, 0.4) is 0 Å². The predicted octanol–water partition coefficient (Wildman–Crippen LogP) is 2.60. The molecule has 19 heavy (non-hydrogen) atoms. The van der Waals surface area contributed by atoms with Gasteiger partial charge in [0.15, 0.2) is 0 Å². The van der Waals surface area contributed by atoms with Gasteiger partial charge in [-0.1, -0.05) is 45.0 Å². The van der Waals surface area contributed by atoms with E-state index in [4.69, 9.17) is 5.11 Å². The van der Waals surface area contributed by atoms with E-state index in [0.29, 0.717) is 18.7 Å². The van der Waals surface area contributed by atoms with Gasteiger partial charge in [0, 0.05) is 18.7 Å². The van der Waals surface area contributed by atoms with Crippen LogP contribution in [0.1, 0.15) is 36.7 Å². The first kappa shape index (κ1) is 15.4. The first-order valence-corrected chi connectivity index (χ1v) is 6.52. The summed E-state index contributed by atoms with van der Waals surface area (Å²) >= 11 is 0. The van der Waals surface area contributed by atoms with Gasteiger partial charge in [-0.25, -0.2) is 0 Å². The zero-order valence-corrected chi connectivity index (χ0v) is 12.0. The minimum atomic E-state index is -0.0919. The van der Waals surface area contributed by atoms with Gasteiger partial charge >= 0.3 is 0 Å². The van der Waals surface area contributed by atoms with Gasteiger partial charge in [-0.05, 0) is 17.0 Å². The van der Waals surface area contributed by atoms with Crippen molar-refractivity contribution in [2.75, 3.05) is 19.7 Å². The average Bonchev–Trinajstić information content (AvgIpc) is 2.37. The number of amides is 1. The lowest BCUT2D eigenvalue weighted by molar-refractivity contribution is 0.0740. The molecule has 0 radical (unpaired) electrons. The highest BCUT2D eigenvalue weighted by molar-refractivity contribution is 5.96. The zero-order valence-electron chi connectivity index (χ0n) is 12.0. The first-order valence-electron chi connectivity index (χ1n) is 6.52. The molecular formula is C16H23NO2. The number of hydrogen-bond donors (Lipinski definition) is 1. The van der Waals surface area contributed by atoms with Crippen molar-refractivity contribution in [3.05, 3.63) is 48.0 Å². The van der Waals surface area contributed by atoms with Gasteiger partial charge in [0.25, 0.3) is 5.91 Å². The molecule has 0 fully saturated rings. The summed E-state index contributed by atoms with van der Waals surface area (Å²) in [6.07, 6.45) is 1.67. The maximum Gasteiger partial charge on any atom is 0.254 e. The van der Waals surface area contributed by atoms with E-state index in [2.05, 4.69) is 27.4 Å². The molecule has 0 saturated heterocycles. The summed E-state index contributed by atoms with van der Waals surface area (Å²) in [5.41, 5.74) is 1.63. The molecule has 1 aromatic rings. The maximum atomic E-state index is 12.6. The van der Waals surface area contributed by atoms with Crippen molar-refractivity contribution >= 4 is 5.91 Å². The fraction of sp³-hybridized carbons (Fsp3) is 0.438. The van der Waals surface area contributed by atoms with Gasteiger partial charge < -0.3 is 10.0 Å². The van der Waals surface area contributed by atoms with E-state index in [1.54, 1.807) is 11.0 Å². The van der Waals surface area contributed by atoms with E-state index in [0.717, 1.165) is 5.56 Å². The maximum absolute atomic E-state index is 12.6. The SMILES string of the molecule is C=CCN(CCO)C(=O)c1ccccc1C(C)(C)C. The number of hydrogen-bond acceptors (Lipinski definition) is 2. The van der Waals surface area contributed by atoms with E-state index in [-0.39, 0.29) is 17.9 Å². The number of benzene rings is 1. The monoisotopic (exact) mass is 261 g/mol. The second-order valence-corrected chi connectivity index (χ2v) is 5.56. The van der Waals surface area contributed by atoms with E-state index < -0.39 is 0 Å². The van der Waals surface area contributed by atoms with Crippen LogP contribution in [0.2, 0.25) is 0 Å². The highest BCUT2D eigenvalue weighted by Crippen LogP contribution is 2.26. The summed E-state index contributed by atoms with van der Waals surface area (Å²) in [4.78, 5) is 14.2. The molecule has 0 bridgehead atoms. The van der Waals surface area contributed by atoms with Crippen LogP contribution < -0.4 is 0 Å². The van der Waals surface area contributed by atoms with Crippen molar-refractivity contribution in [2.24, 2.45) is 0 Å². The zero-order chi connectivity index (χ0) is 14.5. The molecule has 3 heteroatoms. The lowest BCUT2D eigenvalue weighted by atomic mass is 9.83. The predicted molar refractivity (Wildman–Crippen MR) is 78.3 cm³/mol. The molecule has 0 saturated carbocycles. The molecule has 1 rings (SSSR count). The first-order chi connectivity index (χ1) is 8.91. The Morgan fingerprint density at radius 2 is 2.00 bits per heavy atom. The Labute approximate surface area is 115 Å². The topological polar surface area (TPSA) is 40.5 Å². The summed E-state index contributed by atoms with van der Waals surface area (Å²) in [6.45, 7) is 10.6. The van der Waals surface area contributed by atoms with Crippen LogP contribution in [0.4, 0.5) is 0 Å². The summed E-state index contributed by atoms with van der Waals surface area (Å²) < 4.78 is 0. The van der Waals surface area contributed by atoms with Crippen LogP contribution in [-0.2, 0) is 5.41 Å². The van der Waals surface area contributed by atoms with E-state index >= 15 is 0 Å². The molecule has 0 atom stereocenters. The molecule has 0 heterocycles. The van der Waals surface area contributed by atoms with E-state index in [9.17, 15) is 4.79 Å². The molecule has 0 aromatic heterocycles. The third-order valence-corrected chi connectivity index (χ3v) is 2.97. The summed E-state index contributed by atoms with van der Waals surface area (Å²) in [5, 5.41) is 9.06. The highest BCUT2D eigenvalue weighted by Gasteiger charge is 2.23. The van der Waals surface area contributed by atoms with Gasteiger partial charge in [0.2, 0.25) is 0 Å². The van der Waals surface area contributed by atoms with Gasteiger partial charge in [-0.3, -0.25) is 4.79 Å². The number of aliphatic hydroxyl groups is 1. The van der Waals surface area contributed by atoms with Crippen LogP contribution in [-0.4, -0.2) is 35.6 Å². The van der Waals surface area contributed by atoms with Crippen LogP contribution in [0.25, 0.3) is 0 Å². The fourth-order valence-corrected chi connectivity index (χ4v) is 2.05. The Morgan fingerprint density at radius 3 is 2.53 bits per heavy atom. The smallest absolute Gasteiger partial charge is 0.254 e. The van der Waals surface area contributed by atoms with Crippen LogP contribution in [0.5, 0.6) is 0 Å². The quantitative estimate of drug-likeness (QED) is 0.828. The van der Waals surface area contributed by atoms with Gasteiger partial charge in [-0.15, -0.1) is 6.58 Å². The molecule has 3 nitrogen and oxygen atoms in total. The van der Waals surface area contributed by atoms with Crippen LogP contribution in [0, 0.1) is 0 Å². The van der Waals surface area contributed by atoms with Crippen molar-refractivity contribution in [1.29, 1.82) is 0 Å². The second kappa shape index (κ2) is 6.53. The third kappa shape index (κ3) is 3.93. The molecule has 0 unspecified atom stereocenters. The van der Waals surface area contributed by atoms with Crippen molar-refractivity contribution in [3.8, 4) is 0 Å². The lowest BCUT2D eigenvalue weighted by Gasteiger charge is -2.26. The Kier molecular flexibility index (Phi) is 5.31. The van der Waals surface area contributed by atoms with E-state index in [1.165, 1.54) is 0 Å². The Hall–Kier alpha value is -1.61. The highest BCUT2D eigenvalue weighted by atomic mass is 16.3. The molecule has 1 aromatic carbocycles. The van der Waals surface area contributed by atoms with E-state index in [1.807, 2.05) is 24.3 Å². The molecule has 0 aliphatic carbocycles. The average molecular weight is 261 g/mol. The minimum Gasteiger partial charge on any atom is -0.395 e. The van der Waals surface area contributed by atoms with Crippen molar-refractivity contribution < 1.29 is 9.90 Å². The van der Waals surface area contributed by atoms with Crippen LogP contribution >= 0.6 is 0 Å². The molecule has 1 amide bonds. The van der Waals surface area contributed by atoms with Gasteiger partial charge in [0.05, 0.1) is 6.61 Å². The summed E-state index contributed by atoms with van der Waals surface area (Å²) in [7, 11) is 0. The molecule has 0 aliphatic rings. The third-order valence-electron chi connectivity index (χ3n) is 2.97. The second-order valence-electron chi connectivity index (χ2n) is 5.56. The number of carbonyl (C=O) groups excluding carboxylic acids is 1. The Bertz CT molecular complexity index is 446. The van der Waals surface area contributed by atoms with Gasteiger partial charge in [0.1, 0.15) is 0 Å². The molecule has 1 N–H and O–H groups in total. The molecule has 0 aliphatic heterocycles. The molecular weight excluding hydrogens is 238 g/mol. The number of carbonyl (C=O) groups is 1. The largest absolute Gasteiger partial charge is 0.395 e. The number of aliphatic hydroxyl groups excluding tert-OH is 1. The normalized spacial score (nSPS) is 11.2. The summed E-state index contributed by atoms with van der Waals surface area (Å²) in [5.74, 6) is -0.0560. The Morgan fingerprint density at radius 1 is 1.37 bits per heavy atom. The lowest BCUT2D eigenvalue weighted by Crippen LogP contribution is -2.35. The molecule has 0 spiro atoms. The van der Waals surface area contributed by atoms with Crippen molar-refractivity contribution in [1.82, 2.24) is 4.90 Å². The fourth-order valence-electron chi connectivity index (χ4n) is 2.05. The Balaban J connectivity index is 3.14. The minimum absolute atomic E-state index is 0.0444. The molecule has 104 valence electrons.